The van der Waals surface area contributed by atoms with Crippen molar-refractivity contribution in [1.29, 1.82) is 0 Å². The molecule has 5 aliphatic rings. The Balaban J connectivity index is 0.831. The molecule has 11 rings (SSSR count). The van der Waals surface area contributed by atoms with Crippen LogP contribution in [0, 0.1) is 17.8 Å². The summed E-state index contributed by atoms with van der Waals surface area (Å²) in [6.45, 7) is 10.4. The molecule has 0 bridgehead atoms. The van der Waals surface area contributed by atoms with E-state index in [4.69, 9.17) is 34.6 Å². The van der Waals surface area contributed by atoms with Gasteiger partial charge in [-0.05, 0) is 128 Å². The Morgan fingerprint density at radius 3 is 2.07 bits per heavy atom. The Bertz CT molecular complexity index is 4900. The first-order valence-corrected chi connectivity index (χ1v) is 40.9. The van der Waals surface area contributed by atoms with Crippen molar-refractivity contribution in [2.24, 2.45) is 30.5 Å². The van der Waals surface area contributed by atoms with Gasteiger partial charge in [-0.3, -0.25) is 63.3 Å². The number of hydrogen-bond donors (Lipinski definition) is 9. The van der Waals surface area contributed by atoms with Gasteiger partial charge in [0.2, 0.25) is 29.6 Å². The number of carboxylic acid groups (broad SMARTS) is 2. The summed E-state index contributed by atoms with van der Waals surface area (Å²) in [6.07, 6.45) is 5.20. The number of nitrogens with one attached hydrogen (secondary N) is 5. The Hall–Kier alpha value is -12.1. The zero-order valence-corrected chi connectivity index (χ0v) is 69.8. The number of fused-ring (bicyclic) bond motifs is 1. The van der Waals surface area contributed by atoms with Crippen molar-refractivity contribution in [2.45, 2.75) is 127 Å². The minimum Gasteiger partial charge on any atom is -0.496 e. The summed E-state index contributed by atoms with van der Waals surface area (Å²) in [5.74, 6) is -2.06. The van der Waals surface area contributed by atoms with E-state index in [1.807, 2.05) is 42.2 Å². The summed E-state index contributed by atoms with van der Waals surface area (Å²) in [5, 5.41) is 47.9. The number of ether oxygens (including phenoxy) is 4. The quantitative estimate of drug-likeness (QED) is 0.0158. The third kappa shape index (κ3) is 21.6. The number of aryl methyl sites for hydroxylation is 1. The van der Waals surface area contributed by atoms with Gasteiger partial charge in [0.25, 0.3) is 23.3 Å². The summed E-state index contributed by atoms with van der Waals surface area (Å²) in [6, 6.07) is 22.0. The largest absolute Gasteiger partial charge is 0.496 e. The number of anilines is 3. The van der Waals surface area contributed by atoms with Gasteiger partial charge in [0.15, 0.2) is 0 Å². The number of pyridine rings is 1. The summed E-state index contributed by atoms with van der Waals surface area (Å²) >= 11 is 0. The van der Waals surface area contributed by atoms with Gasteiger partial charge >= 0.3 is 24.2 Å². The zero-order valence-electron chi connectivity index (χ0n) is 69.8. The van der Waals surface area contributed by atoms with E-state index >= 15 is 0 Å². The number of methoxy groups -OCH3 is 2. The van der Waals surface area contributed by atoms with Crippen LogP contribution in [0.5, 0.6) is 11.5 Å². The maximum atomic E-state index is 14.4. The second kappa shape index (κ2) is 39.9. The lowest BCUT2D eigenvalue weighted by Crippen LogP contribution is -2.59. The minimum absolute atomic E-state index is 0.00114. The monoisotopic (exact) mass is 1670 g/mol. The molecule has 6 aromatic rings. The number of aliphatic hydroxyl groups is 1. The fraction of sp³-hybridized carbons (Fsp3) is 0.488. The summed E-state index contributed by atoms with van der Waals surface area (Å²) in [5.41, 5.74) is 7.19. The molecule has 0 radical (unpaired) electrons. The van der Waals surface area contributed by atoms with E-state index in [9.17, 15) is 72.9 Å². The van der Waals surface area contributed by atoms with Crippen LogP contribution >= 0.6 is 0 Å². The van der Waals surface area contributed by atoms with Gasteiger partial charge in [-0.15, -0.1) is 0 Å². The normalized spacial score (nSPS) is 18.0. The summed E-state index contributed by atoms with van der Waals surface area (Å²) < 4.78 is 23.9. The fourth-order valence-corrected chi connectivity index (χ4v) is 16.4. The number of nitrogens with two attached hydrogens (primary N) is 1. The van der Waals surface area contributed by atoms with Gasteiger partial charge in [0.1, 0.15) is 23.6 Å². The first-order chi connectivity index (χ1) is 57.8. The van der Waals surface area contributed by atoms with Crippen LogP contribution in [0.3, 0.4) is 0 Å². The zero-order chi connectivity index (χ0) is 87.1. The minimum atomic E-state index is -1.66. The average molecular weight is 1670 g/mol. The number of carbonyl (C=O) groups excluding carboxylic acids is 9. The van der Waals surface area contributed by atoms with Crippen LogP contribution in [-0.4, -0.2) is 264 Å². The molecule has 2 aromatic heterocycles. The first kappa shape index (κ1) is 89.7. The Morgan fingerprint density at radius 1 is 0.744 bits per heavy atom. The third-order valence-corrected chi connectivity index (χ3v) is 23.5. The van der Waals surface area contributed by atoms with Crippen molar-refractivity contribution in [2.75, 3.05) is 135 Å². The highest BCUT2D eigenvalue weighted by atomic mass is 16.5. The molecule has 10 N–H and O–H groups in total. The number of amides is 13. The molecule has 3 saturated heterocycles. The number of piperazine rings is 1. The fourth-order valence-electron chi connectivity index (χ4n) is 16.4. The standard InChI is InChI=1S/C86H110N16O19/c1-52(2)75(92-71(105)31-37-120-39-40-121-38-36-101-72(106)26-27-73(101)107)78(110)90-66(11-10-32-88-80(87)112)77(109)89-62-22-14-56(15-23-62)45-86(97(7)84(116)117,50-96(6)83(114)115)61-20-18-60(19-21-61)85(51-103,44-55-12-13-55)76-63-41-58(64-49-95(5)74(108)43-69(64)119-9)16-24-65(63)91-81(94-76)98-33-28-57(29-34-98)48-99-46-54(4)102(47-53(99)3)79(111)59-17-25-68(118-8)67(42-59)100-35-30-70(104)93-82(100)113/h14-27,41-43,49,52-55,57,66,75,103H,10-13,28-40,44-48,50-51H2,1-9H3,(H,89,109)(H,90,110)(H,92,105)(H,114,115)(H,116,117)(H3,87,88,112)(H,93,104,113)/t53-,54+,66-,75-,85?,86?/m0/s1. The topological polar surface area (TPSA) is 442 Å². The smallest absolute Gasteiger partial charge is 0.407 e. The number of piperidine rings is 1. The predicted octanol–water partition coefficient (Wildman–Crippen LogP) is 6.01. The number of rotatable bonds is 38. The van der Waals surface area contributed by atoms with Crippen molar-refractivity contribution in [3.8, 4) is 22.6 Å². The molecule has 35 heteroatoms. The van der Waals surface area contributed by atoms with E-state index in [1.54, 1.807) is 81.7 Å². The third-order valence-electron chi connectivity index (χ3n) is 23.5. The lowest BCUT2D eigenvalue weighted by molar-refractivity contribution is -0.137. The van der Waals surface area contributed by atoms with E-state index < -0.39 is 89.3 Å². The van der Waals surface area contributed by atoms with Gasteiger partial charge < -0.3 is 80.5 Å². The molecular weight excluding hydrogens is 1560 g/mol. The maximum Gasteiger partial charge on any atom is 0.407 e. The average Bonchev–Trinajstić information content (AvgIpc) is 1.49. The second-order valence-corrected chi connectivity index (χ2v) is 32.2. The molecule has 35 nitrogen and oxygen atoms in total. The molecule has 4 aromatic carbocycles. The highest BCUT2D eigenvalue weighted by molar-refractivity contribution is 6.13. The van der Waals surface area contributed by atoms with E-state index in [0.29, 0.717) is 106 Å². The van der Waals surface area contributed by atoms with Crippen LogP contribution < -0.4 is 57.2 Å². The Kier molecular flexibility index (Phi) is 29.6. The van der Waals surface area contributed by atoms with Gasteiger partial charge in [-0.1, -0.05) is 69.2 Å². The number of benzene rings is 4. The number of primary amides is 1. The summed E-state index contributed by atoms with van der Waals surface area (Å²) in [7, 11) is 7.34. The van der Waals surface area contributed by atoms with Crippen LogP contribution in [-0.2, 0) is 62.7 Å². The van der Waals surface area contributed by atoms with Gasteiger partial charge in [0.05, 0.1) is 88.2 Å². The van der Waals surface area contributed by atoms with Crippen molar-refractivity contribution >= 4 is 93.8 Å². The molecule has 6 heterocycles. The lowest BCUT2D eigenvalue weighted by atomic mass is 9.71. The lowest BCUT2D eigenvalue weighted by Gasteiger charge is -2.46. The molecule has 4 fully saturated rings. The molecule has 2 unspecified atom stereocenters. The molecular formula is C86H110N16O19. The second-order valence-electron chi connectivity index (χ2n) is 32.2. The van der Waals surface area contributed by atoms with E-state index in [0.717, 1.165) is 46.9 Å². The number of aliphatic hydroxyl groups excluding tert-OH is 1. The van der Waals surface area contributed by atoms with Gasteiger partial charge in [0, 0.05) is 145 Å². The van der Waals surface area contributed by atoms with Crippen LogP contribution in [0.1, 0.15) is 118 Å². The number of aromatic nitrogens is 3. The number of carbonyl (C=O) groups is 11. The van der Waals surface area contributed by atoms with Crippen molar-refractivity contribution < 1.29 is 87.0 Å². The van der Waals surface area contributed by atoms with Crippen LogP contribution in [0.4, 0.5) is 36.5 Å². The molecule has 13 amide bonds. The van der Waals surface area contributed by atoms with E-state index in [2.05, 4.69) is 43.3 Å². The molecule has 648 valence electrons. The molecule has 4 aliphatic heterocycles. The molecule has 1 saturated carbocycles. The maximum absolute atomic E-state index is 14.4. The Labute approximate surface area is 701 Å². The van der Waals surface area contributed by atoms with Crippen molar-refractivity contribution in [3.63, 3.8) is 0 Å². The van der Waals surface area contributed by atoms with Crippen LogP contribution in [0.25, 0.3) is 22.0 Å². The first-order valence-electron chi connectivity index (χ1n) is 40.9. The Morgan fingerprint density at radius 2 is 1.43 bits per heavy atom. The number of urea groups is 2. The molecule has 6 atom stereocenters. The van der Waals surface area contributed by atoms with E-state index in [-0.39, 0.29) is 132 Å². The van der Waals surface area contributed by atoms with Crippen LogP contribution in [0.2, 0.25) is 0 Å². The predicted molar refractivity (Wildman–Crippen MR) is 448 cm³/mol. The number of hydrogen-bond acceptors (Lipinski definition) is 21. The van der Waals surface area contributed by atoms with Crippen molar-refractivity contribution in [3.05, 3.63) is 148 Å². The molecule has 1 aliphatic carbocycles. The number of nitrogens with zero attached hydrogens (tertiary/aromatic N) is 10. The van der Waals surface area contributed by atoms with Crippen molar-refractivity contribution in [1.82, 2.24) is 60.3 Å². The van der Waals surface area contributed by atoms with Gasteiger partial charge in [-0.2, -0.15) is 0 Å². The SMILES string of the molecule is COc1cc(=O)n(C)cc1-c1ccc2nc(N3CCC(CN4C[C@@H](C)N(C(=O)c5ccc(OC)c(N6CCC(=O)NC6=O)c5)C[C@@H]4C)CC3)nc(C(CO)(CC3CC3)c3ccc(C(Cc4ccc(NC(=O)[C@H](CCCNC(N)=O)NC(=O)[C@@H](NC(=O)CCOCCOCCN5C(=O)C=CC5=O)C(C)C)cc4)(CN(C)C(=O)O)N(C)C(=O)O)cc3)c2c1. The number of likely N-dealkylation sites (N-methyl/N-ethyl adjacent to an activating group) is 2. The van der Waals surface area contributed by atoms with E-state index in [1.165, 1.54) is 56.0 Å². The highest BCUT2D eigenvalue weighted by Gasteiger charge is 2.47. The highest BCUT2D eigenvalue weighted by Crippen LogP contribution is 2.49. The number of imide groups is 2. The van der Waals surface area contributed by atoms with Gasteiger partial charge in [-0.25, -0.2) is 29.1 Å². The van der Waals surface area contributed by atoms with Crippen LogP contribution in [0.15, 0.2) is 114 Å². The molecule has 121 heavy (non-hydrogen) atoms. The summed E-state index contributed by atoms with van der Waals surface area (Å²) in [4.78, 5) is 178. The molecule has 0 spiro atoms.